The Balaban J connectivity index is 2.02. The Morgan fingerprint density at radius 3 is 2.59 bits per heavy atom. The van der Waals surface area contributed by atoms with Crippen LogP contribution in [0.3, 0.4) is 0 Å². The highest BCUT2D eigenvalue weighted by atomic mass is 16.5. The van der Waals surface area contributed by atoms with Gasteiger partial charge in [-0.05, 0) is 24.2 Å². The normalized spacial score (nSPS) is 14.9. The lowest BCUT2D eigenvalue weighted by molar-refractivity contribution is 0.185. The average Bonchev–Trinajstić information content (AvgIpc) is 2.69. The van der Waals surface area contributed by atoms with Crippen LogP contribution in [0.2, 0.25) is 0 Å². The number of benzene rings is 1. The molecule has 1 amide bonds. The molecule has 7 heteroatoms. The third kappa shape index (κ3) is 4.56. The number of likely N-dealkylation sites (N-methyl/N-ethyl adjacent to an activating group) is 1. The topological polar surface area (TPSA) is 66.9 Å². The van der Waals surface area contributed by atoms with Crippen molar-refractivity contribution in [3.63, 3.8) is 0 Å². The van der Waals surface area contributed by atoms with Crippen LogP contribution >= 0.6 is 0 Å². The molecule has 1 saturated heterocycles. The minimum absolute atomic E-state index is 0.486. The van der Waals surface area contributed by atoms with E-state index in [0.717, 1.165) is 48.7 Å². The highest BCUT2D eigenvalue weighted by Crippen LogP contribution is 2.33. The van der Waals surface area contributed by atoms with E-state index in [1.807, 2.05) is 30.3 Å². The van der Waals surface area contributed by atoms with E-state index in [2.05, 4.69) is 27.1 Å². The molecular weight excluding hydrogens is 344 g/mol. The number of hydrogen-bond donors (Lipinski definition) is 1. The van der Waals surface area contributed by atoms with Gasteiger partial charge >= 0.3 is 6.09 Å². The molecule has 2 heterocycles. The summed E-state index contributed by atoms with van der Waals surface area (Å²) in [4.78, 5) is 21.0. The molecule has 2 aromatic rings. The molecular formula is C20H26N4O3. The smallest absolute Gasteiger partial charge is 0.411 e. The molecule has 0 spiro atoms. The van der Waals surface area contributed by atoms with Crippen molar-refractivity contribution in [1.29, 1.82) is 0 Å². The van der Waals surface area contributed by atoms with Crippen LogP contribution in [0.5, 0.6) is 0 Å². The molecule has 144 valence electrons. The van der Waals surface area contributed by atoms with Gasteiger partial charge < -0.3 is 19.3 Å². The quantitative estimate of drug-likeness (QED) is 0.873. The van der Waals surface area contributed by atoms with Gasteiger partial charge in [0.1, 0.15) is 5.82 Å². The number of piperazine rings is 1. The van der Waals surface area contributed by atoms with Crippen molar-refractivity contribution in [2.24, 2.45) is 0 Å². The number of pyridine rings is 1. The van der Waals surface area contributed by atoms with Crippen LogP contribution in [0.15, 0.2) is 36.5 Å². The van der Waals surface area contributed by atoms with E-state index in [1.54, 1.807) is 13.3 Å². The van der Waals surface area contributed by atoms with Crippen molar-refractivity contribution in [3.8, 4) is 11.1 Å². The predicted octanol–water partition coefficient (Wildman–Crippen LogP) is 2.83. The van der Waals surface area contributed by atoms with Gasteiger partial charge in [0.05, 0.1) is 25.6 Å². The fourth-order valence-electron chi connectivity index (χ4n) is 3.20. The first-order valence-corrected chi connectivity index (χ1v) is 8.98. The number of rotatable bonds is 5. The van der Waals surface area contributed by atoms with Gasteiger partial charge in [-0.2, -0.15) is 0 Å². The average molecular weight is 370 g/mol. The Hall–Kier alpha value is -2.64. The second-order valence-electron chi connectivity index (χ2n) is 6.59. The largest absolute Gasteiger partial charge is 0.453 e. The van der Waals surface area contributed by atoms with Crippen molar-refractivity contribution in [2.75, 3.05) is 57.7 Å². The molecule has 0 saturated carbocycles. The summed E-state index contributed by atoms with van der Waals surface area (Å²) in [5, 5.41) is 2.77. The maximum Gasteiger partial charge on any atom is 0.411 e. The third-order valence-corrected chi connectivity index (χ3v) is 4.75. The standard InChI is InChI=1S/C20H26N4O3/c1-23-8-10-24(11-9-23)19-12-17(18(13-21-19)22-20(25)27-3)16-7-5-4-6-15(16)14-26-2/h4-7,12-13H,8-11,14H2,1-3H3,(H,22,25). The molecule has 1 aromatic heterocycles. The maximum atomic E-state index is 11.8. The van der Waals surface area contributed by atoms with Crippen LogP contribution in [0.1, 0.15) is 5.56 Å². The fraction of sp³-hybridized carbons (Fsp3) is 0.400. The van der Waals surface area contributed by atoms with E-state index >= 15 is 0 Å². The second-order valence-corrected chi connectivity index (χ2v) is 6.59. The van der Waals surface area contributed by atoms with E-state index in [-0.39, 0.29) is 0 Å². The van der Waals surface area contributed by atoms with Crippen molar-refractivity contribution in [2.45, 2.75) is 6.61 Å². The SMILES string of the molecule is COCc1ccccc1-c1cc(N2CCN(C)CC2)ncc1NC(=O)OC. The molecule has 0 aliphatic carbocycles. The molecule has 0 bridgehead atoms. The number of anilines is 2. The van der Waals surface area contributed by atoms with Crippen molar-refractivity contribution < 1.29 is 14.3 Å². The van der Waals surface area contributed by atoms with Gasteiger partial charge in [0.2, 0.25) is 0 Å². The first-order chi connectivity index (χ1) is 13.1. The fourth-order valence-corrected chi connectivity index (χ4v) is 3.20. The second kappa shape index (κ2) is 8.83. The number of hydrogen-bond acceptors (Lipinski definition) is 6. The highest BCUT2D eigenvalue weighted by Gasteiger charge is 2.19. The molecule has 1 fully saturated rings. The molecule has 1 aromatic carbocycles. The molecule has 1 aliphatic rings. The van der Waals surface area contributed by atoms with E-state index in [1.165, 1.54) is 7.11 Å². The first-order valence-electron chi connectivity index (χ1n) is 8.98. The Bertz CT molecular complexity index is 789. The van der Waals surface area contributed by atoms with E-state index in [9.17, 15) is 4.79 Å². The van der Waals surface area contributed by atoms with E-state index in [0.29, 0.717) is 12.3 Å². The van der Waals surface area contributed by atoms with Crippen LogP contribution in [0, 0.1) is 0 Å². The van der Waals surface area contributed by atoms with Gasteiger partial charge in [-0.1, -0.05) is 24.3 Å². The summed E-state index contributed by atoms with van der Waals surface area (Å²) in [6.45, 7) is 4.33. The van der Waals surface area contributed by atoms with Crippen molar-refractivity contribution in [3.05, 3.63) is 42.1 Å². The molecule has 3 rings (SSSR count). The predicted molar refractivity (Wildman–Crippen MR) is 106 cm³/mol. The summed E-state index contributed by atoms with van der Waals surface area (Å²) in [6, 6.07) is 10.0. The Morgan fingerprint density at radius 2 is 1.89 bits per heavy atom. The highest BCUT2D eigenvalue weighted by molar-refractivity contribution is 5.92. The molecule has 0 radical (unpaired) electrons. The van der Waals surface area contributed by atoms with Crippen LogP contribution in [-0.2, 0) is 16.1 Å². The monoisotopic (exact) mass is 370 g/mol. The van der Waals surface area contributed by atoms with E-state index < -0.39 is 6.09 Å². The van der Waals surface area contributed by atoms with Gasteiger partial charge in [-0.15, -0.1) is 0 Å². The summed E-state index contributed by atoms with van der Waals surface area (Å²) in [5.74, 6) is 0.903. The summed E-state index contributed by atoms with van der Waals surface area (Å²) < 4.78 is 10.1. The van der Waals surface area contributed by atoms with Crippen LogP contribution in [-0.4, -0.2) is 63.4 Å². The van der Waals surface area contributed by atoms with Gasteiger partial charge in [0, 0.05) is 38.9 Å². The number of ether oxygens (including phenoxy) is 2. The van der Waals surface area contributed by atoms with Crippen LogP contribution < -0.4 is 10.2 Å². The lowest BCUT2D eigenvalue weighted by Gasteiger charge is -2.33. The maximum absolute atomic E-state index is 11.8. The number of carbonyl (C=O) groups is 1. The zero-order valence-electron chi connectivity index (χ0n) is 16.1. The molecule has 1 N–H and O–H groups in total. The lowest BCUT2D eigenvalue weighted by Crippen LogP contribution is -2.44. The van der Waals surface area contributed by atoms with Gasteiger partial charge in [0.15, 0.2) is 0 Å². The van der Waals surface area contributed by atoms with Gasteiger partial charge in [-0.3, -0.25) is 5.32 Å². The Morgan fingerprint density at radius 1 is 1.15 bits per heavy atom. The van der Waals surface area contributed by atoms with Gasteiger partial charge in [0.25, 0.3) is 0 Å². The summed E-state index contributed by atoms with van der Waals surface area (Å²) >= 11 is 0. The van der Waals surface area contributed by atoms with Crippen molar-refractivity contribution in [1.82, 2.24) is 9.88 Å². The minimum atomic E-state index is -0.519. The van der Waals surface area contributed by atoms with Crippen LogP contribution in [0.25, 0.3) is 11.1 Å². The van der Waals surface area contributed by atoms with E-state index in [4.69, 9.17) is 9.47 Å². The molecule has 0 atom stereocenters. The van der Waals surface area contributed by atoms with Gasteiger partial charge in [-0.25, -0.2) is 9.78 Å². The third-order valence-electron chi connectivity index (χ3n) is 4.75. The minimum Gasteiger partial charge on any atom is -0.453 e. The number of amides is 1. The molecule has 0 unspecified atom stereocenters. The summed E-state index contributed by atoms with van der Waals surface area (Å²) in [5.41, 5.74) is 3.56. The number of carbonyl (C=O) groups excluding carboxylic acids is 1. The first kappa shape index (κ1) is 19.1. The number of aromatic nitrogens is 1. The Kier molecular flexibility index (Phi) is 6.26. The Labute approximate surface area is 159 Å². The zero-order valence-corrected chi connectivity index (χ0v) is 16.1. The zero-order chi connectivity index (χ0) is 19.2. The number of nitrogens with zero attached hydrogens (tertiary/aromatic N) is 3. The van der Waals surface area contributed by atoms with Crippen molar-refractivity contribution >= 4 is 17.6 Å². The molecule has 7 nitrogen and oxygen atoms in total. The number of nitrogens with one attached hydrogen (secondary N) is 1. The summed E-state index contributed by atoms with van der Waals surface area (Å²) in [7, 11) is 5.15. The van der Waals surface area contributed by atoms with Crippen LogP contribution in [0.4, 0.5) is 16.3 Å². The lowest BCUT2D eigenvalue weighted by atomic mass is 9.99. The molecule has 1 aliphatic heterocycles. The number of methoxy groups -OCH3 is 2. The molecule has 27 heavy (non-hydrogen) atoms. The summed E-state index contributed by atoms with van der Waals surface area (Å²) in [6.07, 6.45) is 1.18.